The summed E-state index contributed by atoms with van der Waals surface area (Å²) in [6, 6.07) is 15.7. The van der Waals surface area contributed by atoms with E-state index in [9.17, 15) is 14.4 Å². The molecular weight excluding hydrogens is 368 g/mol. The number of carbonyl (C=O) groups excluding carboxylic acids is 3. The van der Waals surface area contributed by atoms with Gasteiger partial charge in [0, 0.05) is 25.6 Å². The minimum absolute atomic E-state index is 0.224. The van der Waals surface area contributed by atoms with E-state index >= 15 is 0 Å². The van der Waals surface area contributed by atoms with Gasteiger partial charge in [0.1, 0.15) is 5.60 Å². The third-order valence-electron chi connectivity index (χ3n) is 4.08. The number of esters is 1. The number of rotatable bonds is 7. The van der Waals surface area contributed by atoms with E-state index < -0.39 is 5.60 Å². The zero-order valence-electron chi connectivity index (χ0n) is 17.4. The van der Waals surface area contributed by atoms with Gasteiger partial charge in [-0.3, -0.25) is 14.4 Å². The Bertz CT molecular complexity index is 857. The van der Waals surface area contributed by atoms with Gasteiger partial charge in [-0.05, 0) is 51.5 Å². The van der Waals surface area contributed by atoms with Crippen molar-refractivity contribution >= 4 is 23.5 Å². The second kappa shape index (κ2) is 9.87. The predicted octanol–water partition coefficient (Wildman–Crippen LogP) is 4.13. The molecule has 0 bridgehead atoms. The van der Waals surface area contributed by atoms with Gasteiger partial charge >= 0.3 is 5.97 Å². The van der Waals surface area contributed by atoms with Gasteiger partial charge in [0.15, 0.2) is 0 Å². The van der Waals surface area contributed by atoms with Crippen molar-refractivity contribution in [1.29, 1.82) is 0 Å². The van der Waals surface area contributed by atoms with Crippen molar-refractivity contribution in [2.45, 2.75) is 39.2 Å². The summed E-state index contributed by atoms with van der Waals surface area (Å²) in [6.45, 7) is 5.86. The summed E-state index contributed by atoms with van der Waals surface area (Å²) in [5, 5.41) is 2.80. The molecule has 2 amide bonds. The Balaban J connectivity index is 1.98. The Morgan fingerprint density at radius 2 is 1.59 bits per heavy atom. The zero-order valence-corrected chi connectivity index (χ0v) is 17.4. The molecule has 0 spiro atoms. The third-order valence-corrected chi connectivity index (χ3v) is 4.08. The van der Waals surface area contributed by atoms with Crippen LogP contribution in [0.25, 0.3) is 0 Å². The van der Waals surface area contributed by atoms with Crippen molar-refractivity contribution in [2.75, 3.05) is 18.9 Å². The van der Waals surface area contributed by atoms with Crippen LogP contribution >= 0.6 is 0 Å². The first-order valence-corrected chi connectivity index (χ1v) is 9.60. The first-order chi connectivity index (χ1) is 13.7. The topological polar surface area (TPSA) is 75.7 Å². The first kappa shape index (κ1) is 22.1. The van der Waals surface area contributed by atoms with Gasteiger partial charge in [-0.2, -0.15) is 0 Å². The van der Waals surface area contributed by atoms with Gasteiger partial charge in [0.2, 0.25) is 0 Å². The van der Waals surface area contributed by atoms with Crippen LogP contribution in [0.2, 0.25) is 0 Å². The molecule has 6 nitrogen and oxygen atoms in total. The highest BCUT2D eigenvalue weighted by molar-refractivity contribution is 6.08. The summed E-state index contributed by atoms with van der Waals surface area (Å²) in [6.07, 6.45) is 0.733. The lowest BCUT2D eigenvalue weighted by molar-refractivity contribution is -0.154. The minimum Gasteiger partial charge on any atom is -0.460 e. The van der Waals surface area contributed by atoms with Crippen molar-refractivity contribution in [1.82, 2.24) is 4.90 Å². The number of hydrogen-bond acceptors (Lipinski definition) is 4. The van der Waals surface area contributed by atoms with Crippen LogP contribution in [-0.2, 0) is 9.53 Å². The van der Waals surface area contributed by atoms with E-state index in [1.165, 1.54) is 4.90 Å². The molecular formula is C23H28N2O4. The van der Waals surface area contributed by atoms with Crippen LogP contribution in [0.15, 0.2) is 54.6 Å². The largest absolute Gasteiger partial charge is 0.460 e. The molecule has 2 aromatic carbocycles. The standard InChI is InChI=1S/C23H28N2O4/c1-23(2,3)29-20(26)15-10-16-25(4)22(28)18-13-8-9-14-19(18)24-21(27)17-11-6-5-7-12-17/h5-9,11-14H,10,15-16H2,1-4H3,(H,24,27). The molecule has 0 aromatic heterocycles. The number of amides is 2. The van der Waals surface area contributed by atoms with Gasteiger partial charge < -0.3 is 15.0 Å². The summed E-state index contributed by atoms with van der Waals surface area (Å²) >= 11 is 0. The number of carbonyl (C=O) groups is 3. The lowest BCUT2D eigenvalue weighted by Crippen LogP contribution is -2.30. The normalized spacial score (nSPS) is 10.9. The van der Waals surface area contributed by atoms with Crippen LogP contribution in [0.4, 0.5) is 5.69 Å². The molecule has 0 unspecified atom stereocenters. The molecule has 0 heterocycles. The van der Waals surface area contributed by atoms with E-state index in [4.69, 9.17) is 4.74 Å². The fourth-order valence-corrected chi connectivity index (χ4v) is 2.72. The van der Waals surface area contributed by atoms with Crippen molar-refractivity contribution in [2.24, 2.45) is 0 Å². The molecule has 0 aliphatic carbocycles. The number of benzene rings is 2. The van der Waals surface area contributed by atoms with Gasteiger partial charge in [0.05, 0.1) is 11.3 Å². The van der Waals surface area contributed by atoms with Crippen LogP contribution in [0.5, 0.6) is 0 Å². The molecule has 0 saturated carbocycles. The highest BCUT2D eigenvalue weighted by Crippen LogP contribution is 2.18. The highest BCUT2D eigenvalue weighted by atomic mass is 16.6. The molecule has 29 heavy (non-hydrogen) atoms. The average molecular weight is 396 g/mol. The van der Waals surface area contributed by atoms with Crippen molar-refractivity contribution in [3.8, 4) is 0 Å². The van der Waals surface area contributed by atoms with Crippen LogP contribution < -0.4 is 5.32 Å². The molecule has 2 rings (SSSR count). The van der Waals surface area contributed by atoms with Gasteiger partial charge in [-0.25, -0.2) is 0 Å². The Labute approximate surface area is 171 Å². The number of anilines is 1. The molecule has 1 N–H and O–H groups in total. The van der Waals surface area contributed by atoms with E-state index in [1.54, 1.807) is 55.6 Å². The number of nitrogens with one attached hydrogen (secondary N) is 1. The van der Waals surface area contributed by atoms with Crippen LogP contribution in [0.1, 0.15) is 54.3 Å². The third kappa shape index (κ3) is 7.07. The fourth-order valence-electron chi connectivity index (χ4n) is 2.72. The summed E-state index contributed by atoms with van der Waals surface area (Å²) in [5.41, 5.74) is 0.844. The first-order valence-electron chi connectivity index (χ1n) is 9.60. The van der Waals surface area contributed by atoms with Crippen molar-refractivity contribution < 1.29 is 19.1 Å². The smallest absolute Gasteiger partial charge is 0.306 e. The maximum atomic E-state index is 12.8. The van der Waals surface area contributed by atoms with Crippen LogP contribution in [0.3, 0.4) is 0 Å². The average Bonchev–Trinajstić information content (AvgIpc) is 2.67. The molecule has 0 aliphatic rings. The number of ether oxygens (including phenoxy) is 1. The Hall–Kier alpha value is -3.15. The van der Waals surface area contributed by atoms with E-state index in [2.05, 4.69) is 5.32 Å². The molecule has 6 heteroatoms. The predicted molar refractivity (Wildman–Crippen MR) is 113 cm³/mol. The number of nitrogens with zero attached hydrogens (tertiary/aromatic N) is 1. The lowest BCUT2D eigenvalue weighted by atomic mass is 10.1. The fraction of sp³-hybridized carbons (Fsp3) is 0.348. The SMILES string of the molecule is CN(CCCC(=O)OC(C)(C)C)C(=O)c1ccccc1NC(=O)c1ccccc1. The molecule has 0 aliphatic heterocycles. The molecule has 0 radical (unpaired) electrons. The molecule has 0 atom stereocenters. The molecule has 0 fully saturated rings. The summed E-state index contributed by atoms with van der Waals surface area (Å²) in [4.78, 5) is 38.6. The monoisotopic (exact) mass is 396 g/mol. The number of para-hydroxylation sites is 1. The quantitative estimate of drug-likeness (QED) is 0.714. The van der Waals surface area contributed by atoms with E-state index in [1.807, 2.05) is 26.8 Å². The van der Waals surface area contributed by atoms with E-state index in [-0.39, 0.29) is 24.2 Å². The van der Waals surface area contributed by atoms with Crippen molar-refractivity contribution in [3.05, 3.63) is 65.7 Å². The molecule has 154 valence electrons. The number of hydrogen-bond donors (Lipinski definition) is 1. The summed E-state index contributed by atoms with van der Waals surface area (Å²) in [7, 11) is 1.67. The maximum absolute atomic E-state index is 12.8. The Morgan fingerprint density at radius 1 is 0.966 bits per heavy atom. The van der Waals surface area contributed by atoms with Gasteiger partial charge in [-0.1, -0.05) is 30.3 Å². The van der Waals surface area contributed by atoms with Crippen LogP contribution in [-0.4, -0.2) is 41.9 Å². The van der Waals surface area contributed by atoms with E-state index in [0.717, 1.165) is 0 Å². The van der Waals surface area contributed by atoms with Gasteiger partial charge in [-0.15, -0.1) is 0 Å². The van der Waals surface area contributed by atoms with E-state index in [0.29, 0.717) is 29.8 Å². The second-order valence-corrected chi connectivity index (χ2v) is 7.78. The van der Waals surface area contributed by atoms with Crippen molar-refractivity contribution in [3.63, 3.8) is 0 Å². The zero-order chi connectivity index (χ0) is 21.4. The van der Waals surface area contributed by atoms with Gasteiger partial charge in [0.25, 0.3) is 11.8 Å². The van der Waals surface area contributed by atoms with Crippen LogP contribution in [0, 0.1) is 0 Å². The summed E-state index contributed by atoms with van der Waals surface area (Å²) in [5.74, 6) is -0.787. The Morgan fingerprint density at radius 3 is 2.24 bits per heavy atom. The molecule has 2 aromatic rings. The second-order valence-electron chi connectivity index (χ2n) is 7.78. The maximum Gasteiger partial charge on any atom is 0.306 e. The minimum atomic E-state index is -0.519. The Kier molecular flexibility index (Phi) is 7.53. The lowest BCUT2D eigenvalue weighted by Gasteiger charge is -2.21. The highest BCUT2D eigenvalue weighted by Gasteiger charge is 2.19. The summed E-state index contributed by atoms with van der Waals surface area (Å²) < 4.78 is 5.28. The molecule has 0 saturated heterocycles.